The summed E-state index contributed by atoms with van der Waals surface area (Å²) in [5.74, 6) is 0. The van der Waals surface area contributed by atoms with Gasteiger partial charge < -0.3 is 29.2 Å². The van der Waals surface area contributed by atoms with E-state index >= 15 is 0 Å². The van der Waals surface area contributed by atoms with E-state index in [9.17, 15) is 39.1 Å². The third-order valence-electron chi connectivity index (χ3n) is 8.32. The fourth-order valence-corrected chi connectivity index (χ4v) is 7.87. The first-order valence-corrected chi connectivity index (χ1v) is 20.3. The third kappa shape index (κ3) is 9.41. The molecule has 5 N–H and O–H groups in total. The Morgan fingerprint density at radius 2 is 1.41 bits per heavy atom. The van der Waals surface area contributed by atoms with Crippen LogP contribution in [0.5, 0.6) is 0 Å². The number of nitrogens with zero attached hydrogens (tertiary/aromatic N) is 2. The molecule has 2 saturated heterocycles. The number of aromatic amines is 2. The molecule has 276 valence electrons. The van der Waals surface area contributed by atoms with E-state index in [0.29, 0.717) is 0 Å². The normalized spacial score (nSPS) is 29.3. The van der Waals surface area contributed by atoms with Crippen LogP contribution in [0.15, 0.2) is 43.7 Å². The monoisotopic (exact) mass is 794 g/mol. The Hall–Kier alpha value is -1.68. The molecule has 49 heavy (non-hydrogen) atoms. The van der Waals surface area contributed by atoms with Gasteiger partial charge in [-0.3, -0.25) is 42.3 Å². The Morgan fingerprint density at radius 3 is 1.90 bits per heavy atom. The smallest absolute Gasteiger partial charge is 0.407 e. The van der Waals surface area contributed by atoms with Crippen LogP contribution in [0.1, 0.15) is 33.2 Å². The minimum absolute atomic E-state index is 0.414. The van der Waals surface area contributed by atoms with Gasteiger partial charge in [-0.25, -0.2) is 14.2 Å². The Labute approximate surface area is 294 Å². The van der Waals surface area contributed by atoms with E-state index in [1.165, 1.54) is 0 Å². The van der Waals surface area contributed by atoms with Crippen molar-refractivity contribution in [3.8, 4) is 0 Å². The molecule has 0 amide bonds. The van der Waals surface area contributed by atoms with Crippen molar-refractivity contribution in [2.75, 3.05) is 19.8 Å². The topological polar surface area (TPSA) is 243 Å². The summed E-state index contributed by atoms with van der Waals surface area (Å²) in [5, 5.41) is 31.2. The van der Waals surface area contributed by atoms with Crippen LogP contribution in [-0.4, -0.2) is 103 Å². The van der Waals surface area contributed by atoms with E-state index in [-0.39, 0.29) is 0 Å². The van der Waals surface area contributed by atoms with Gasteiger partial charge in [0.1, 0.15) is 43.2 Å². The van der Waals surface area contributed by atoms with Crippen LogP contribution in [0.2, 0.25) is 18.1 Å². The van der Waals surface area contributed by atoms with Crippen molar-refractivity contribution in [3.63, 3.8) is 0 Å². The maximum Gasteiger partial charge on any atom is 0.475 e. The molecule has 2 fully saturated rings. The highest BCUT2D eigenvalue weighted by atomic mass is 35.6. The molecule has 4 heterocycles. The average Bonchev–Trinajstić information content (AvgIpc) is 3.45. The predicted molar refractivity (Wildman–Crippen MR) is 176 cm³/mol. The van der Waals surface area contributed by atoms with Gasteiger partial charge >= 0.3 is 19.2 Å². The highest BCUT2D eigenvalue weighted by Crippen LogP contribution is 2.56. The van der Waals surface area contributed by atoms with Gasteiger partial charge in [0.05, 0.1) is 13.2 Å². The number of H-pyrrole nitrogens is 2. The number of ether oxygens (including phenoxy) is 2. The summed E-state index contributed by atoms with van der Waals surface area (Å²) in [6.45, 7) is 7.18. The minimum Gasteiger partial charge on any atom is -0.407 e. The van der Waals surface area contributed by atoms with Crippen molar-refractivity contribution in [2.24, 2.45) is 0 Å². The molecule has 2 aromatic rings. The molecular formula is C26H38Cl3N4O14PSi. The van der Waals surface area contributed by atoms with Gasteiger partial charge in [0, 0.05) is 24.5 Å². The Kier molecular flexibility index (Phi) is 12.4. The number of aromatic nitrogens is 4. The minimum atomic E-state index is -4.95. The first kappa shape index (κ1) is 40.1. The van der Waals surface area contributed by atoms with Crippen molar-refractivity contribution >= 4 is 50.9 Å². The van der Waals surface area contributed by atoms with Gasteiger partial charge in [-0.2, -0.15) is 0 Å². The van der Waals surface area contributed by atoms with Crippen molar-refractivity contribution < 1.29 is 47.4 Å². The zero-order chi connectivity index (χ0) is 36.7. The molecule has 9 atom stereocenters. The predicted octanol–water partition coefficient (Wildman–Crippen LogP) is 0.883. The number of hydrogen-bond acceptors (Lipinski definition) is 14. The summed E-state index contributed by atoms with van der Waals surface area (Å²) < 4.78 is 49.0. The largest absolute Gasteiger partial charge is 0.475 e. The van der Waals surface area contributed by atoms with Crippen LogP contribution in [0.3, 0.4) is 0 Å². The number of rotatable bonds is 12. The highest BCUT2D eigenvalue weighted by molar-refractivity contribution is 7.48. The Balaban J connectivity index is 1.67. The molecule has 2 aliphatic rings. The molecule has 23 heteroatoms. The van der Waals surface area contributed by atoms with E-state index in [1.807, 2.05) is 38.8 Å². The number of phosphoric ester groups is 1. The molecule has 4 rings (SSSR count). The van der Waals surface area contributed by atoms with Gasteiger partial charge in [-0.05, 0) is 18.1 Å². The molecule has 0 aliphatic carbocycles. The van der Waals surface area contributed by atoms with Crippen LogP contribution in [-0.2, 0) is 32.0 Å². The number of aliphatic hydroxyl groups is 3. The second kappa shape index (κ2) is 15.1. The fourth-order valence-electron chi connectivity index (χ4n) is 4.76. The number of alkyl halides is 3. The fraction of sp³-hybridized carbons (Fsp3) is 0.692. The van der Waals surface area contributed by atoms with Crippen LogP contribution in [0.25, 0.3) is 0 Å². The lowest BCUT2D eigenvalue weighted by atomic mass is 10.1. The first-order chi connectivity index (χ1) is 22.6. The average molecular weight is 796 g/mol. The quantitative estimate of drug-likeness (QED) is 0.114. The molecule has 2 aromatic heterocycles. The zero-order valence-corrected chi connectivity index (χ0v) is 31.0. The van der Waals surface area contributed by atoms with Gasteiger partial charge in [-0.1, -0.05) is 55.6 Å². The lowest BCUT2D eigenvalue weighted by molar-refractivity contribution is -0.0635. The Morgan fingerprint density at radius 1 is 0.878 bits per heavy atom. The van der Waals surface area contributed by atoms with Crippen LogP contribution < -0.4 is 22.5 Å². The van der Waals surface area contributed by atoms with Crippen molar-refractivity contribution in [3.05, 3.63) is 66.2 Å². The second-order valence-corrected chi connectivity index (χ2v) is 21.8. The second-order valence-electron chi connectivity index (χ2n) is 12.9. The van der Waals surface area contributed by atoms with Crippen molar-refractivity contribution in [2.45, 2.75) is 91.8 Å². The van der Waals surface area contributed by atoms with Gasteiger partial charge in [0.25, 0.3) is 11.1 Å². The van der Waals surface area contributed by atoms with E-state index < -0.39 is 116 Å². The standard InChI is InChI=1S/C26H38Cl3N4O14PSi/c1-25(2,3)49(4,5)47-20-19(13(10-34)44-22(20)33-9-7-16(36)31-24(33)40)46-48(41,43-12-26(27,28)29)42-11-14-17(37)18(38)21(45-14)32-8-6-15(35)30-23(32)39/h6-9,13-14,17-22,34,37-38H,10-12H2,1-5H3,(H,30,35,39)(H,31,36,40)/t13-,14-,17-,18-,19-,20-,21-,22-,48?/m1/s1. The number of phosphoric acid groups is 1. The molecule has 18 nitrogen and oxygen atoms in total. The first-order valence-electron chi connectivity index (χ1n) is 14.8. The maximum atomic E-state index is 14.3. The summed E-state index contributed by atoms with van der Waals surface area (Å²) in [5.41, 5.74) is -3.20. The number of hydrogen-bond donors (Lipinski definition) is 5. The van der Waals surface area contributed by atoms with E-state index in [4.69, 9.17) is 62.3 Å². The Bertz CT molecular complexity index is 1760. The lowest BCUT2D eigenvalue weighted by Crippen LogP contribution is -2.50. The van der Waals surface area contributed by atoms with E-state index in [0.717, 1.165) is 33.7 Å². The molecule has 0 aromatic carbocycles. The number of halogens is 3. The lowest BCUT2D eigenvalue weighted by Gasteiger charge is -2.40. The molecule has 0 radical (unpaired) electrons. The molecule has 0 spiro atoms. The number of aliphatic hydroxyl groups excluding tert-OH is 3. The molecule has 0 saturated carbocycles. The highest BCUT2D eigenvalue weighted by Gasteiger charge is 2.55. The summed E-state index contributed by atoms with van der Waals surface area (Å²) in [6.07, 6.45) is -9.56. The molecule has 2 aliphatic heterocycles. The van der Waals surface area contributed by atoms with E-state index in [2.05, 4.69) is 4.98 Å². The van der Waals surface area contributed by atoms with Crippen LogP contribution in [0.4, 0.5) is 0 Å². The summed E-state index contributed by atoms with van der Waals surface area (Å²) in [6, 6.07) is 2.07. The summed E-state index contributed by atoms with van der Waals surface area (Å²) in [7, 11) is -7.73. The molecule has 1 unspecified atom stereocenters. The zero-order valence-electron chi connectivity index (χ0n) is 26.9. The van der Waals surface area contributed by atoms with Gasteiger partial charge in [-0.15, -0.1) is 0 Å². The number of nitrogens with one attached hydrogen (secondary N) is 2. The summed E-state index contributed by atoms with van der Waals surface area (Å²) in [4.78, 5) is 52.6. The SMILES string of the molecule is CC(C)(C)[Si](C)(C)O[C@@H]1[C@H](OP(=O)(OC[C@H]2O[C@@H](n3ccc(=O)[nH]c3=O)[C@H](O)[C@@H]2O)OCC(Cl)(Cl)Cl)[C@@H](CO)O[C@H]1n1ccc(=O)[nH]c1=O. The van der Waals surface area contributed by atoms with Gasteiger partial charge in [0.15, 0.2) is 20.8 Å². The summed E-state index contributed by atoms with van der Waals surface area (Å²) >= 11 is 17.6. The third-order valence-corrected chi connectivity index (χ3v) is 14.5. The molecular weight excluding hydrogens is 758 g/mol. The van der Waals surface area contributed by atoms with Gasteiger partial charge in [0.2, 0.25) is 3.79 Å². The van der Waals surface area contributed by atoms with Crippen LogP contribution in [0, 0.1) is 0 Å². The van der Waals surface area contributed by atoms with E-state index in [1.54, 1.807) is 0 Å². The molecule has 0 bridgehead atoms. The maximum absolute atomic E-state index is 14.3. The van der Waals surface area contributed by atoms with Crippen LogP contribution >= 0.6 is 42.6 Å². The van der Waals surface area contributed by atoms with Crippen molar-refractivity contribution in [1.82, 2.24) is 19.1 Å². The van der Waals surface area contributed by atoms with Crippen molar-refractivity contribution in [1.29, 1.82) is 0 Å².